The first-order valence-corrected chi connectivity index (χ1v) is 42.5. The molecule has 5 aliphatic rings. The van der Waals surface area contributed by atoms with Gasteiger partial charge in [-0.25, -0.2) is 0 Å². The molecule has 0 aromatic heterocycles. The number of benzene rings is 10. The lowest BCUT2D eigenvalue weighted by Crippen LogP contribution is -2.27. The van der Waals surface area contributed by atoms with Gasteiger partial charge in [-0.1, -0.05) is 322 Å². The van der Waals surface area contributed by atoms with E-state index in [1.807, 2.05) is 0 Å². The van der Waals surface area contributed by atoms with E-state index in [1.54, 1.807) is 0 Å². The van der Waals surface area contributed by atoms with E-state index in [9.17, 15) is 0 Å². The minimum absolute atomic E-state index is 0.0330. The lowest BCUT2D eigenvalue weighted by Gasteiger charge is -2.37. The number of fused-ring (bicyclic) bond motifs is 17. The van der Waals surface area contributed by atoms with E-state index < -0.39 is 5.41 Å². The number of rotatable bonds is 32. The zero-order valence-electron chi connectivity index (χ0n) is 67.5. The van der Waals surface area contributed by atoms with Crippen molar-refractivity contribution in [3.63, 3.8) is 0 Å². The molecule has 5 nitrogen and oxygen atoms in total. The molecule has 10 aromatic rings. The SMILES string of the molecule is CCCCCCCCC1(CCCCCCCC)c2cc(N3c4ccccc4Cc4cc(C)ccc43)ccc2-c2ccc(N3c4ccccc4Oc4cc(C)ccc43)cc21.CCCCCCCCOc1cc2c(cc1OCCCCCCCC)C1(c3cc(C)ccc3-c3ccc(C)cc31)c1cc(C(C)(C)C)ccc1-2. The molecule has 562 valence electrons. The van der Waals surface area contributed by atoms with Gasteiger partial charge in [0.25, 0.3) is 0 Å². The summed E-state index contributed by atoms with van der Waals surface area (Å²) in [7, 11) is 0. The lowest BCUT2D eigenvalue weighted by molar-refractivity contribution is 0.258. The third-order valence-electron chi connectivity index (χ3n) is 24.6. The predicted molar refractivity (Wildman–Crippen MR) is 459 cm³/mol. The number of hydrogen-bond acceptors (Lipinski definition) is 5. The van der Waals surface area contributed by atoms with Crippen molar-refractivity contribution < 1.29 is 14.2 Å². The van der Waals surface area contributed by atoms with Gasteiger partial charge in [-0.15, -0.1) is 0 Å². The molecule has 0 saturated heterocycles. The van der Waals surface area contributed by atoms with Crippen molar-refractivity contribution in [2.75, 3.05) is 23.0 Å². The molecule has 0 amide bonds. The monoisotopic (exact) mass is 1430 g/mol. The Kier molecular flexibility index (Phi) is 23.9. The van der Waals surface area contributed by atoms with Gasteiger partial charge in [-0.05, 0) is 221 Å². The highest BCUT2D eigenvalue weighted by Gasteiger charge is 2.53. The highest BCUT2D eigenvalue weighted by atomic mass is 16.5. The maximum Gasteiger partial charge on any atom is 0.161 e. The summed E-state index contributed by atoms with van der Waals surface area (Å²) >= 11 is 0. The van der Waals surface area contributed by atoms with Crippen LogP contribution >= 0.6 is 0 Å². The highest BCUT2D eigenvalue weighted by Crippen LogP contribution is 2.65. The van der Waals surface area contributed by atoms with E-state index in [0.29, 0.717) is 0 Å². The van der Waals surface area contributed by atoms with Crippen LogP contribution < -0.4 is 24.0 Å². The normalized spacial score (nSPS) is 14.0. The molecule has 3 aliphatic carbocycles. The minimum Gasteiger partial charge on any atom is -0.490 e. The first kappa shape index (κ1) is 76.0. The zero-order chi connectivity index (χ0) is 74.9. The van der Waals surface area contributed by atoms with Crippen molar-refractivity contribution in [1.29, 1.82) is 0 Å². The number of anilines is 6. The third kappa shape index (κ3) is 15.3. The van der Waals surface area contributed by atoms with Crippen LogP contribution in [0.15, 0.2) is 188 Å². The summed E-state index contributed by atoms with van der Waals surface area (Å²) in [6, 6.07) is 72.3. The minimum atomic E-state index is -0.412. The maximum absolute atomic E-state index is 6.76. The van der Waals surface area contributed by atoms with Crippen LogP contribution in [0.1, 0.15) is 288 Å². The molecule has 108 heavy (non-hydrogen) atoms. The van der Waals surface area contributed by atoms with Gasteiger partial charge in [-0.3, -0.25) is 0 Å². The Morgan fingerprint density at radius 3 is 1.31 bits per heavy atom. The quantitative estimate of drug-likeness (QED) is 0.0393. The average molecular weight is 1440 g/mol. The van der Waals surface area contributed by atoms with E-state index in [1.165, 1.54) is 283 Å². The van der Waals surface area contributed by atoms with Crippen LogP contribution in [0.4, 0.5) is 34.1 Å². The van der Waals surface area contributed by atoms with Gasteiger partial charge < -0.3 is 24.0 Å². The van der Waals surface area contributed by atoms with Crippen molar-refractivity contribution in [2.45, 2.75) is 266 Å². The summed E-state index contributed by atoms with van der Waals surface area (Å²) < 4.78 is 20.0. The van der Waals surface area contributed by atoms with Crippen LogP contribution in [0.25, 0.3) is 33.4 Å². The molecule has 0 N–H and O–H groups in total. The Bertz CT molecular complexity index is 4570. The van der Waals surface area contributed by atoms with Crippen molar-refractivity contribution in [3.8, 4) is 56.4 Å². The summed E-state index contributed by atoms with van der Waals surface area (Å²) in [6.45, 7) is 26.5. The smallest absolute Gasteiger partial charge is 0.161 e. The number of para-hydroxylation sites is 3. The molecule has 0 saturated carbocycles. The summed E-state index contributed by atoms with van der Waals surface area (Å²) in [5, 5.41) is 0. The molecule has 0 unspecified atom stereocenters. The molecule has 0 fully saturated rings. The topological polar surface area (TPSA) is 34.2 Å². The molecular formula is C103H122N2O3. The molecule has 5 heteroatoms. The second-order valence-electron chi connectivity index (χ2n) is 33.7. The molecule has 0 radical (unpaired) electrons. The summed E-state index contributed by atoms with van der Waals surface area (Å²) in [6.07, 6.45) is 33.9. The molecule has 0 bridgehead atoms. The average Bonchev–Trinajstić information content (AvgIpc) is 1.51. The zero-order valence-corrected chi connectivity index (χ0v) is 67.5. The first-order chi connectivity index (χ1) is 52.7. The van der Waals surface area contributed by atoms with Gasteiger partial charge in [0.15, 0.2) is 23.0 Å². The molecule has 2 aliphatic heterocycles. The second kappa shape index (κ2) is 34.0. The van der Waals surface area contributed by atoms with Crippen LogP contribution in [-0.2, 0) is 22.7 Å². The van der Waals surface area contributed by atoms with E-state index in [0.717, 1.165) is 66.8 Å². The Hall–Kier alpha value is -8.80. The predicted octanol–water partition coefficient (Wildman–Crippen LogP) is 30.4. The highest BCUT2D eigenvalue weighted by molar-refractivity contribution is 5.97. The van der Waals surface area contributed by atoms with Crippen molar-refractivity contribution in [2.24, 2.45) is 0 Å². The molecule has 0 atom stereocenters. The fourth-order valence-corrected chi connectivity index (χ4v) is 18.8. The third-order valence-corrected chi connectivity index (χ3v) is 24.6. The van der Waals surface area contributed by atoms with Gasteiger partial charge in [0.05, 0.1) is 30.0 Å². The Labute approximate surface area is 649 Å². The van der Waals surface area contributed by atoms with Crippen LogP contribution in [0, 0.1) is 27.7 Å². The van der Waals surface area contributed by atoms with Crippen LogP contribution in [0.3, 0.4) is 0 Å². The Morgan fingerprint density at radius 2 is 0.741 bits per heavy atom. The van der Waals surface area contributed by atoms with Crippen molar-refractivity contribution in [3.05, 3.63) is 260 Å². The molecule has 1 spiro atoms. The first-order valence-electron chi connectivity index (χ1n) is 42.5. The number of hydrogen-bond donors (Lipinski definition) is 0. The standard InChI is InChI=1S/C56H62N2O.C47H60O2/c1-5-7-9-11-13-19-33-56(34-20-14-12-10-8-6-2)48-38-44(57-50-22-16-15-21-42(50)37-43-35-40(3)25-31-51(43)57)27-29-46(48)47-30-28-45(39-49(47)56)58-52-23-17-18-24-54(52)59-55-36-41(4)26-32-53(55)58;1-8-10-12-14-16-18-26-48-44-31-39-38-25-22-35(46(5,6)7)30-42(38)47(43(39)32-45(44)49-27-19-17-15-13-11-9-2)40-28-33(3)20-23-36(40)37-24-21-34(4)29-41(37)47/h15-18,21-32,35-36,38-39H,5-14,19-20,33-34,37H2,1-4H3;20-25,28-32H,8-19,26-27H2,1-7H3. The number of unbranched alkanes of at least 4 members (excludes halogenated alkanes) is 20. The largest absolute Gasteiger partial charge is 0.490 e. The van der Waals surface area contributed by atoms with Gasteiger partial charge in [0.2, 0.25) is 0 Å². The Balaban J connectivity index is 0.000000184. The summed E-state index contributed by atoms with van der Waals surface area (Å²) in [4.78, 5) is 5.01. The van der Waals surface area contributed by atoms with Gasteiger partial charge >= 0.3 is 0 Å². The fraction of sp³-hybridized carbons (Fsp3) is 0.417. The van der Waals surface area contributed by atoms with E-state index in [-0.39, 0.29) is 10.8 Å². The number of ether oxygens (including phenoxy) is 3. The number of nitrogens with zero attached hydrogens (tertiary/aromatic N) is 2. The van der Waals surface area contributed by atoms with Crippen LogP contribution in [0.2, 0.25) is 0 Å². The summed E-state index contributed by atoms with van der Waals surface area (Å²) in [5.41, 5.74) is 32.8. The van der Waals surface area contributed by atoms with Crippen LogP contribution in [-0.4, -0.2) is 13.2 Å². The second-order valence-corrected chi connectivity index (χ2v) is 33.7. The van der Waals surface area contributed by atoms with E-state index in [4.69, 9.17) is 14.2 Å². The van der Waals surface area contributed by atoms with Crippen molar-refractivity contribution in [1.82, 2.24) is 0 Å². The molecule has 10 aromatic carbocycles. The number of aryl methyl sites for hydroxylation is 4. The van der Waals surface area contributed by atoms with E-state index >= 15 is 0 Å². The van der Waals surface area contributed by atoms with Gasteiger partial charge in [-0.2, -0.15) is 0 Å². The van der Waals surface area contributed by atoms with Crippen molar-refractivity contribution >= 4 is 34.1 Å². The van der Waals surface area contributed by atoms with E-state index in [2.05, 4.69) is 274 Å². The molecular weight excluding hydrogens is 1310 g/mol. The Morgan fingerprint density at radius 1 is 0.333 bits per heavy atom. The molecule has 15 rings (SSSR count). The summed E-state index contributed by atoms with van der Waals surface area (Å²) in [5.74, 6) is 3.62. The maximum atomic E-state index is 6.76. The van der Waals surface area contributed by atoms with Gasteiger partial charge in [0, 0.05) is 34.6 Å². The molecule has 2 heterocycles. The lowest BCUT2D eigenvalue weighted by atomic mass is 9.69. The fourth-order valence-electron chi connectivity index (χ4n) is 18.8. The van der Waals surface area contributed by atoms with Gasteiger partial charge in [0.1, 0.15) is 0 Å². The van der Waals surface area contributed by atoms with Crippen LogP contribution in [0.5, 0.6) is 23.0 Å².